The van der Waals surface area contributed by atoms with Gasteiger partial charge in [0.15, 0.2) is 0 Å². The zero-order chi connectivity index (χ0) is 18.0. The third kappa shape index (κ3) is 3.39. The van der Waals surface area contributed by atoms with Crippen molar-refractivity contribution < 1.29 is 22.7 Å². The van der Waals surface area contributed by atoms with Gasteiger partial charge in [-0.2, -0.15) is 0 Å². The fourth-order valence-electron chi connectivity index (χ4n) is 2.56. The van der Waals surface area contributed by atoms with Crippen LogP contribution in [0.15, 0.2) is 47.4 Å². The third-order valence-corrected chi connectivity index (χ3v) is 5.28. The molecule has 0 aliphatic carbocycles. The Morgan fingerprint density at radius 2 is 2.00 bits per heavy atom. The highest BCUT2D eigenvalue weighted by Gasteiger charge is 2.22. The van der Waals surface area contributed by atoms with E-state index in [0.29, 0.717) is 24.6 Å². The van der Waals surface area contributed by atoms with Crippen molar-refractivity contribution in [1.29, 1.82) is 0 Å². The van der Waals surface area contributed by atoms with E-state index in [1.54, 1.807) is 24.3 Å². The molecule has 0 spiro atoms. The lowest BCUT2D eigenvalue weighted by Crippen LogP contribution is -2.29. The Kier molecular flexibility index (Phi) is 4.54. The van der Waals surface area contributed by atoms with E-state index in [2.05, 4.69) is 9.46 Å². The van der Waals surface area contributed by atoms with Crippen molar-refractivity contribution in [2.75, 3.05) is 36.9 Å². The van der Waals surface area contributed by atoms with Crippen molar-refractivity contribution in [1.82, 2.24) is 0 Å². The number of sulfonamides is 1. The van der Waals surface area contributed by atoms with E-state index in [9.17, 15) is 13.2 Å². The number of carbonyl (C=O) groups excluding carboxylic acids is 1. The minimum atomic E-state index is -3.87. The molecular weight excluding hydrogens is 344 g/mol. The topological polar surface area (TPSA) is 84.9 Å². The molecule has 0 saturated carbocycles. The molecule has 25 heavy (non-hydrogen) atoms. The van der Waals surface area contributed by atoms with Crippen molar-refractivity contribution in [2.24, 2.45) is 0 Å². The van der Waals surface area contributed by atoms with Gasteiger partial charge in [0.1, 0.15) is 12.4 Å². The van der Waals surface area contributed by atoms with Gasteiger partial charge in [0.25, 0.3) is 10.0 Å². The van der Waals surface area contributed by atoms with Gasteiger partial charge in [0, 0.05) is 7.05 Å². The summed E-state index contributed by atoms with van der Waals surface area (Å²) in [5, 5.41) is 0. The van der Waals surface area contributed by atoms with Crippen molar-refractivity contribution in [3.63, 3.8) is 0 Å². The number of nitrogens with zero attached hydrogens (tertiary/aromatic N) is 1. The summed E-state index contributed by atoms with van der Waals surface area (Å²) < 4.78 is 38.1. The van der Waals surface area contributed by atoms with Crippen LogP contribution < -0.4 is 14.4 Å². The number of hydrogen-bond donors (Lipinski definition) is 1. The molecule has 0 aromatic heterocycles. The Bertz CT molecular complexity index is 911. The van der Waals surface area contributed by atoms with E-state index >= 15 is 0 Å². The van der Waals surface area contributed by atoms with Gasteiger partial charge in [-0.3, -0.25) is 4.72 Å². The van der Waals surface area contributed by atoms with Gasteiger partial charge in [0.2, 0.25) is 0 Å². The molecule has 8 heteroatoms. The largest absolute Gasteiger partial charge is 0.490 e. The van der Waals surface area contributed by atoms with Gasteiger partial charge in [-0.1, -0.05) is 12.1 Å². The van der Waals surface area contributed by atoms with Crippen LogP contribution in [-0.2, 0) is 14.8 Å². The van der Waals surface area contributed by atoms with Crippen molar-refractivity contribution >= 4 is 27.4 Å². The zero-order valence-electron chi connectivity index (χ0n) is 13.9. The van der Waals surface area contributed by atoms with E-state index in [-0.39, 0.29) is 16.1 Å². The molecule has 7 nitrogen and oxygen atoms in total. The molecule has 0 amide bonds. The van der Waals surface area contributed by atoms with E-state index in [4.69, 9.17) is 4.74 Å². The Hall–Kier alpha value is -2.74. The normalized spacial score (nSPS) is 13.6. The summed E-state index contributed by atoms with van der Waals surface area (Å²) in [4.78, 5) is 13.8. The molecule has 0 fully saturated rings. The van der Waals surface area contributed by atoms with Crippen molar-refractivity contribution in [2.45, 2.75) is 4.90 Å². The lowest BCUT2D eigenvalue weighted by Gasteiger charge is -2.28. The van der Waals surface area contributed by atoms with Crippen LogP contribution in [0.3, 0.4) is 0 Å². The first-order chi connectivity index (χ1) is 11.9. The maximum atomic E-state index is 12.7. The number of anilines is 2. The molecule has 132 valence electrons. The fourth-order valence-corrected chi connectivity index (χ4v) is 3.66. The van der Waals surface area contributed by atoms with E-state index in [1.165, 1.54) is 25.3 Å². The molecule has 0 bridgehead atoms. The Balaban J connectivity index is 1.96. The molecule has 0 saturated heterocycles. The lowest BCUT2D eigenvalue weighted by molar-refractivity contribution is 0.0602. The summed E-state index contributed by atoms with van der Waals surface area (Å²) in [5.41, 5.74) is 1.01. The van der Waals surface area contributed by atoms with Gasteiger partial charge in [0.05, 0.1) is 35.5 Å². The Labute approximate surface area is 146 Å². The lowest BCUT2D eigenvalue weighted by atomic mass is 10.2. The summed E-state index contributed by atoms with van der Waals surface area (Å²) >= 11 is 0. The second-order valence-electron chi connectivity index (χ2n) is 5.54. The molecule has 1 heterocycles. The van der Waals surface area contributed by atoms with Crippen molar-refractivity contribution in [3.8, 4) is 5.75 Å². The van der Waals surface area contributed by atoms with Gasteiger partial charge < -0.3 is 14.4 Å². The van der Waals surface area contributed by atoms with E-state index in [1.807, 2.05) is 11.9 Å². The van der Waals surface area contributed by atoms with Crippen LogP contribution >= 0.6 is 0 Å². The van der Waals surface area contributed by atoms with Gasteiger partial charge in [-0.15, -0.1) is 0 Å². The summed E-state index contributed by atoms with van der Waals surface area (Å²) in [6.07, 6.45) is 0. The van der Waals surface area contributed by atoms with Crippen LogP contribution in [0.2, 0.25) is 0 Å². The maximum Gasteiger partial charge on any atom is 0.339 e. The molecule has 3 rings (SSSR count). The first-order valence-corrected chi connectivity index (χ1v) is 9.09. The number of benzene rings is 2. The maximum absolute atomic E-state index is 12.7. The quantitative estimate of drug-likeness (QED) is 0.839. The van der Waals surface area contributed by atoms with Crippen LogP contribution in [0.25, 0.3) is 0 Å². The highest BCUT2D eigenvalue weighted by Crippen LogP contribution is 2.33. The minimum absolute atomic E-state index is 0.0864. The molecular formula is C17H18N2O5S. The first-order valence-electron chi connectivity index (χ1n) is 7.60. The van der Waals surface area contributed by atoms with Gasteiger partial charge in [-0.25, -0.2) is 13.2 Å². The number of carbonyl (C=O) groups is 1. The number of esters is 1. The van der Waals surface area contributed by atoms with Crippen LogP contribution in [0.4, 0.5) is 11.4 Å². The van der Waals surface area contributed by atoms with Crippen LogP contribution in [0.1, 0.15) is 10.4 Å². The third-order valence-electron chi connectivity index (χ3n) is 3.91. The number of ether oxygens (including phenoxy) is 2. The number of hydrogen-bond acceptors (Lipinski definition) is 6. The monoisotopic (exact) mass is 362 g/mol. The summed E-state index contributed by atoms with van der Waals surface area (Å²) in [6.45, 7) is 1.23. The molecule has 2 aromatic rings. The SMILES string of the molecule is COC(=O)c1ccccc1NS(=O)(=O)c1ccc2c(c1)N(C)CCO2. The molecule has 1 N–H and O–H groups in total. The molecule has 0 unspecified atom stereocenters. The van der Waals surface area contributed by atoms with Crippen LogP contribution in [0, 0.1) is 0 Å². The van der Waals surface area contributed by atoms with Gasteiger partial charge >= 0.3 is 5.97 Å². The number of para-hydroxylation sites is 1. The second kappa shape index (κ2) is 6.64. The van der Waals surface area contributed by atoms with Crippen molar-refractivity contribution in [3.05, 3.63) is 48.0 Å². The highest BCUT2D eigenvalue weighted by molar-refractivity contribution is 7.92. The number of rotatable bonds is 4. The minimum Gasteiger partial charge on any atom is -0.490 e. The molecule has 1 aliphatic rings. The molecule has 0 atom stereocenters. The predicted molar refractivity (Wildman–Crippen MR) is 93.8 cm³/mol. The second-order valence-corrected chi connectivity index (χ2v) is 7.22. The summed E-state index contributed by atoms with van der Waals surface area (Å²) in [7, 11) is -0.759. The average molecular weight is 362 g/mol. The molecule has 1 aliphatic heterocycles. The fraction of sp³-hybridized carbons (Fsp3) is 0.235. The average Bonchev–Trinajstić information content (AvgIpc) is 2.61. The summed E-state index contributed by atoms with van der Waals surface area (Å²) in [6, 6.07) is 10.9. The number of methoxy groups -OCH3 is 1. The molecule has 2 aromatic carbocycles. The standard InChI is InChI=1S/C17H18N2O5S/c1-19-9-10-24-16-8-7-12(11-15(16)19)25(21,22)18-14-6-4-3-5-13(14)17(20)23-2/h3-8,11,18H,9-10H2,1-2H3. The Morgan fingerprint density at radius 1 is 1.24 bits per heavy atom. The van der Waals surface area contributed by atoms with Crippen LogP contribution in [0.5, 0.6) is 5.75 Å². The van der Waals surface area contributed by atoms with E-state index in [0.717, 1.165) is 0 Å². The smallest absolute Gasteiger partial charge is 0.339 e. The first kappa shape index (κ1) is 17.1. The summed E-state index contributed by atoms with van der Waals surface area (Å²) in [5.74, 6) is 0.0273. The number of fused-ring (bicyclic) bond motifs is 1. The number of nitrogens with one attached hydrogen (secondary N) is 1. The van der Waals surface area contributed by atoms with Gasteiger partial charge in [-0.05, 0) is 30.3 Å². The van der Waals surface area contributed by atoms with Crippen LogP contribution in [-0.4, -0.2) is 41.7 Å². The number of likely N-dealkylation sites (N-methyl/N-ethyl adjacent to an activating group) is 1. The predicted octanol–water partition coefficient (Wildman–Crippen LogP) is 2.10. The molecule has 0 radical (unpaired) electrons. The zero-order valence-corrected chi connectivity index (χ0v) is 14.7. The Morgan fingerprint density at radius 3 is 2.76 bits per heavy atom. The highest BCUT2D eigenvalue weighted by atomic mass is 32.2. The van der Waals surface area contributed by atoms with E-state index < -0.39 is 16.0 Å².